The Hall–Kier alpha value is -3.15. The number of aromatic nitrogens is 1. The van der Waals surface area contributed by atoms with Crippen molar-refractivity contribution in [1.29, 1.82) is 0 Å². The van der Waals surface area contributed by atoms with E-state index in [1.165, 1.54) is 0 Å². The van der Waals surface area contributed by atoms with Crippen LogP contribution in [0.25, 0.3) is 21.8 Å². The van der Waals surface area contributed by atoms with E-state index in [1.807, 2.05) is 19.1 Å². The maximum absolute atomic E-state index is 12.7. The third-order valence-electron chi connectivity index (χ3n) is 4.10. The summed E-state index contributed by atoms with van der Waals surface area (Å²) in [5, 5.41) is 3.74. The molecule has 0 radical (unpaired) electrons. The van der Waals surface area contributed by atoms with Crippen LogP contribution in [0, 0.1) is 0 Å². The molecule has 1 aromatic heterocycles. The Balaban J connectivity index is 1.91. The van der Waals surface area contributed by atoms with Gasteiger partial charge in [0.2, 0.25) is 0 Å². The number of pyridine rings is 1. The van der Waals surface area contributed by atoms with Crippen LogP contribution in [-0.4, -0.2) is 29.6 Å². The molecule has 2 aromatic carbocycles. The SMILES string of the molecule is CCCNC(=O)COC(=O)Cn1c2ccccc2c(=O)c2ccccc21. The van der Waals surface area contributed by atoms with Gasteiger partial charge in [-0.2, -0.15) is 0 Å². The first-order valence-corrected chi connectivity index (χ1v) is 8.54. The summed E-state index contributed by atoms with van der Waals surface area (Å²) >= 11 is 0. The lowest BCUT2D eigenvalue weighted by atomic mass is 10.1. The highest BCUT2D eigenvalue weighted by Gasteiger charge is 2.14. The van der Waals surface area contributed by atoms with Crippen LogP contribution in [0.15, 0.2) is 53.3 Å². The van der Waals surface area contributed by atoms with Crippen molar-refractivity contribution in [2.75, 3.05) is 13.2 Å². The smallest absolute Gasteiger partial charge is 0.326 e. The average Bonchev–Trinajstić information content (AvgIpc) is 2.68. The quantitative estimate of drug-likeness (QED) is 0.545. The predicted octanol–water partition coefficient (Wildman–Crippen LogP) is 2.22. The Bertz CT molecular complexity index is 963. The van der Waals surface area contributed by atoms with Crippen molar-refractivity contribution in [3.05, 3.63) is 58.8 Å². The first-order valence-electron chi connectivity index (χ1n) is 8.54. The number of hydrogen-bond donors (Lipinski definition) is 1. The van der Waals surface area contributed by atoms with E-state index in [0.29, 0.717) is 28.4 Å². The van der Waals surface area contributed by atoms with Gasteiger partial charge in [-0.25, -0.2) is 0 Å². The third-order valence-corrected chi connectivity index (χ3v) is 4.10. The largest absolute Gasteiger partial charge is 0.454 e. The van der Waals surface area contributed by atoms with Crippen molar-refractivity contribution >= 4 is 33.7 Å². The first-order chi connectivity index (χ1) is 12.6. The minimum Gasteiger partial charge on any atom is -0.454 e. The van der Waals surface area contributed by atoms with E-state index in [2.05, 4.69) is 5.32 Å². The second-order valence-electron chi connectivity index (χ2n) is 5.96. The molecule has 0 unspecified atom stereocenters. The third kappa shape index (κ3) is 3.59. The van der Waals surface area contributed by atoms with Crippen LogP contribution in [0.5, 0.6) is 0 Å². The van der Waals surface area contributed by atoms with Crippen LogP contribution in [0.3, 0.4) is 0 Å². The Morgan fingerprint density at radius 3 is 2.15 bits per heavy atom. The van der Waals surface area contributed by atoms with Gasteiger partial charge >= 0.3 is 5.97 Å². The molecule has 26 heavy (non-hydrogen) atoms. The van der Waals surface area contributed by atoms with Gasteiger partial charge in [0, 0.05) is 17.3 Å². The highest BCUT2D eigenvalue weighted by molar-refractivity contribution is 5.94. The molecule has 0 aliphatic carbocycles. The van der Waals surface area contributed by atoms with E-state index >= 15 is 0 Å². The highest BCUT2D eigenvalue weighted by atomic mass is 16.5. The van der Waals surface area contributed by atoms with Gasteiger partial charge in [0.25, 0.3) is 5.91 Å². The van der Waals surface area contributed by atoms with Crippen LogP contribution in [0.4, 0.5) is 0 Å². The molecule has 6 heteroatoms. The molecule has 1 heterocycles. The standard InChI is InChI=1S/C20H20N2O4/c1-2-11-21-18(23)13-26-19(24)12-22-16-9-5-3-7-14(16)20(25)15-8-4-6-10-17(15)22/h3-10H,2,11-13H2,1H3,(H,21,23). The molecule has 0 fully saturated rings. The maximum atomic E-state index is 12.7. The number of rotatable bonds is 6. The van der Waals surface area contributed by atoms with Crippen LogP contribution in [-0.2, 0) is 20.9 Å². The zero-order valence-electron chi connectivity index (χ0n) is 14.5. The van der Waals surface area contributed by atoms with Crippen molar-refractivity contribution in [2.24, 2.45) is 0 Å². The number of nitrogens with zero attached hydrogens (tertiary/aromatic N) is 1. The van der Waals surface area contributed by atoms with Crippen LogP contribution in [0.2, 0.25) is 0 Å². The maximum Gasteiger partial charge on any atom is 0.326 e. The lowest BCUT2D eigenvalue weighted by molar-refractivity contribution is -0.149. The van der Waals surface area contributed by atoms with Crippen molar-refractivity contribution in [3.8, 4) is 0 Å². The monoisotopic (exact) mass is 352 g/mol. The molecule has 1 N–H and O–H groups in total. The summed E-state index contributed by atoms with van der Waals surface area (Å²) in [5.74, 6) is -0.856. The molecule has 0 saturated heterocycles. The summed E-state index contributed by atoms with van der Waals surface area (Å²) in [4.78, 5) is 36.5. The molecule has 1 amide bonds. The number of benzene rings is 2. The molecule has 0 aliphatic heterocycles. The van der Waals surface area contributed by atoms with Gasteiger partial charge in [-0.05, 0) is 30.7 Å². The summed E-state index contributed by atoms with van der Waals surface area (Å²) in [5.41, 5.74) is 1.24. The number of hydrogen-bond acceptors (Lipinski definition) is 4. The van der Waals surface area contributed by atoms with Gasteiger partial charge in [-0.1, -0.05) is 31.2 Å². The fraction of sp³-hybridized carbons (Fsp3) is 0.250. The van der Waals surface area contributed by atoms with Crippen LogP contribution in [0.1, 0.15) is 13.3 Å². The molecule has 3 rings (SSSR count). The zero-order valence-corrected chi connectivity index (χ0v) is 14.5. The number of carbonyl (C=O) groups excluding carboxylic acids is 2. The number of nitrogens with one attached hydrogen (secondary N) is 1. The summed E-state index contributed by atoms with van der Waals surface area (Å²) in [6, 6.07) is 14.3. The molecular formula is C20H20N2O4. The molecule has 0 bridgehead atoms. The van der Waals surface area contributed by atoms with Gasteiger partial charge < -0.3 is 14.6 Å². The molecule has 134 valence electrons. The van der Waals surface area contributed by atoms with Gasteiger partial charge in [-0.15, -0.1) is 0 Å². The van der Waals surface area contributed by atoms with E-state index in [9.17, 15) is 14.4 Å². The van der Waals surface area contributed by atoms with Crippen molar-refractivity contribution < 1.29 is 14.3 Å². The molecule has 0 saturated carbocycles. The number of ether oxygens (including phenoxy) is 1. The van der Waals surface area contributed by atoms with E-state index in [4.69, 9.17) is 4.74 Å². The Morgan fingerprint density at radius 2 is 1.58 bits per heavy atom. The second kappa shape index (κ2) is 7.82. The van der Waals surface area contributed by atoms with Gasteiger partial charge in [0.1, 0.15) is 6.54 Å². The van der Waals surface area contributed by atoms with E-state index in [1.54, 1.807) is 41.0 Å². The molecule has 6 nitrogen and oxygen atoms in total. The molecule has 0 aliphatic rings. The lowest BCUT2D eigenvalue weighted by Crippen LogP contribution is -2.30. The summed E-state index contributed by atoms with van der Waals surface area (Å²) < 4.78 is 6.83. The van der Waals surface area contributed by atoms with Gasteiger partial charge in [0.15, 0.2) is 12.0 Å². The van der Waals surface area contributed by atoms with Crippen molar-refractivity contribution in [2.45, 2.75) is 19.9 Å². The first kappa shape index (κ1) is 17.7. The minimum atomic E-state index is -0.532. The Morgan fingerprint density at radius 1 is 1.00 bits per heavy atom. The van der Waals surface area contributed by atoms with Crippen molar-refractivity contribution in [3.63, 3.8) is 0 Å². The number of fused-ring (bicyclic) bond motifs is 2. The zero-order chi connectivity index (χ0) is 18.5. The summed E-state index contributed by atoms with van der Waals surface area (Å²) in [7, 11) is 0. The average molecular weight is 352 g/mol. The molecule has 3 aromatic rings. The minimum absolute atomic E-state index is 0.0697. The molecule has 0 spiro atoms. The predicted molar refractivity (Wildman–Crippen MR) is 100.0 cm³/mol. The normalized spacial score (nSPS) is 10.8. The second-order valence-corrected chi connectivity index (χ2v) is 5.96. The van der Waals surface area contributed by atoms with Crippen LogP contribution < -0.4 is 10.7 Å². The number of carbonyl (C=O) groups is 2. The van der Waals surface area contributed by atoms with E-state index in [-0.39, 0.29) is 24.5 Å². The van der Waals surface area contributed by atoms with Crippen LogP contribution >= 0.6 is 0 Å². The molecule has 0 atom stereocenters. The Kier molecular flexibility index (Phi) is 5.31. The number of esters is 1. The summed E-state index contributed by atoms with van der Waals surface area (Å²) in [6.45, 7) is 2.10. The van der Waals surface area contributed by atoms with Crippen molar-refractivity contribution in [1.82, 2.24) is 9.88 Å². The topological polar surface area (TPSA) is 77.4 Å². The highest BCUT2D eigenvalue weighted by Crippen LogP contribution is 2.19. The lowest BCUT2D eigenvalue weighted by Gasteiger charge is -2.14. The van der Waals surface area contributed by atoms with Gasteiger partial charge in [-0.3, -0.25) is 14.4 Å². The van der Waals surface area contributed by atoms with Gasteiger partial charge in [0.05, 0.1) is 11.0 Å². The Labute approximate surface area is 150 Å². The number of amides is 1. The van der Waals surface area contributed by atoms with E-state index < -0.39 is 5.97 Å². The van der Waals surface area contributed by atoms with E-state index in [0.717, 1.165) is 6.42 Å². The summed E-state index contributed by atoms with van der Waals surface area (Å²) in [6.07, 6.45) is 0.815. The fourth-order valence-electron chi connectivity index (χ4n) is 2.88. The fourth-order valence-corrected chi connectivity index (χ4v) is 2.88. The molecular weight excluding hydrogens is 332 g/mol. The number of para-hydroxylation sites is 2.